The monoisotopic (exact) mass is 589 g/mol. The number of para-hydroxylation sites is 7. The van der Waals surface area contributed by atoms with Gasteiger partial charge in [0.05, 0.1) is 16.8 Å². The molecule has 7 aromatic carbocycles. The molecule has 0 spiro atoms. The van der Waals surface area contributed by atoms with E-state index in [2.05, 4.69) is 157 Å². The highest BCUT2D eigenvalue weighted by Gasteiger charge is 2.49. The molecule has 2 aromatic heterocycles. The van der Waals surface area contributed by atoms with Crippen LogP contribution in [0.2, 0.25) is 0 Å². The lowest BCUT2D eigenvalue weighted by molar-refractivity contribution is 0.628. The van der Waals surface area contributed by atoms with Gasteiger partial charge in [0.15, 0.2) is 0 Å². The molecule has 3 nitrogen and oxygen atoms in total. The number of hydrogen-bond donors (Lipinski definition) is 0. The van der Waals surface area contributed by atoms with Gasteiger partial charge in [-0.15, -0.1) is 0 Å². The van der Waals surface area contributed by atoms with Crippen molar-refractivity contribution >= 4 is 60.9 Å². The van der Waals surface area contributed by atoms with Gasteiger partial charge in [-0.25, -0.2) is 0 Å². The molecule has 1 aliphatic heterocycles. The van der Waals surface area contributed by atoms with Crippen molar-refractivity contribution < 1.29 is 8.83 Å². The number of furan rings is 2. The Morgan fingerprint density at radius 1 is 0.348 bits per heavy atom. The summed E-state index contributed by atoms with van der Waals surface area (Å²) in [5, 5.41) is 4.42. The molecule has 0 amide bonds. The van der Waals surface area contributed by atoms with E-state index in [-0.39, 0.29) is 0 Å². The topological polar surface area (TPSA) is 29.5 Å². The first-order chi connectivity index (χ1) is 22.8. The third-order valence-corrected chi connectivity index (χ3v) is 9.73. The normalized spacial score (nSPS) is 13.8. The minimum atomic E-state index is -0.779. The van der Waals surface area contributed by atoms with Gasteiger partial charge in [0, 0.05) is 38.4 Å². The number of nitrogens with zero attached hydrogens (tertiary/aromatic N) is 1. The van der Waals surface area contributed by atoms with E-state index in [1.165, 1.54) is 11.1 Å². The minimum Gasteiger partial charge on any atom is -0.456 e. The molecule has 1 aliphatic rings. The van der Waals surface area contributed by atoms with Crippen LogP contribution in [0.3, 0.4) is 0 Å². The van der Waals surface area contributed by atoms with Gasteiger partial charge in [-0.2, -0.15) is 0 Å². The Kier molecular flexibility index (Phi) is 5.20. The molecular weight excluding hydrogens is 562 g/mol. The highest BCUT2D eigenvalue weighted by atomic mass is 16.3. The first-order valence-corrected chi connectivity index (χ1v) is 15.7. The lowest BCUT2D eigenvalue weighted by Gasteiger charge is -2.46. The third kappa shape index (κ3) is 3.26. The van der Waals surface area contributed by atoms with Gasteiger partial charge in [-0.05, 0) is 47.5 Å². The molecule has 0 saturated carbocycles. The molecule has 46 heavy (non-hydrogen) atoms. The van der Waals surface area contributed by atoms with Gasteiger partial charge in [0.1, 0.15) is 22.3 Å². The van der Waals surface area contributed by atoms with Crippen LogP contribution < -0.4 is 4.90 Å². The van der Waals surface area contributed by atoms with Crippen LogP contribution in [-0.2, 0) is 5.41 Å². The van der Waals surface area contributed by atoms with Gasteiger partial charge in [0.25, 0.3) is 0 Å². The van der Waals surface area contributed by atoms with Crippen LogP contribution in [0.5, 0.6) is 0 Å². The molecule has 3 heterocycles. The van der Waals surface area contributed by atoms with Crippen molar-refractivity contribution in [1.82, 2.24) is 0 Å². The molecule has 3 heteroatoms. The fourth-order valence-corrected chi connectivity index (χ4v) is 7.91. The maximum absolute atomic E-state index is 6.85. The maximum atomic E-state index is 6.85. The van der Waals surface area contributed by atoms with Gasteiger partial charge in [-0.3, -0.25) is 0 Å². The van der Waals surface area contributed by atoms with E-state index in [0.717, 1.165) is 72.1 Å². The Hall–Kier alpha value is -6.06. The molecular formula is C43H27NO2. The van der Waals surface area contributed by atoms with Gasteiger partial charge >= 0.3 is 0 Å². The Morgan fingerprint density at radius 3 is 1.30 bits per heavy atom. The third-order valence-electron chi connectivity index (χ3n) is 9.73. The predicted molar refractivity (Wildman–Crippen MR) is 188 cm³/mol. The Bertz CT molecular complexity index is 2450. The number of rotatable bonds is 3. The van der Waals surface area contributed by atoms with Crippen molar-refractivity contribution in [1.29, 1.82) is 0 Å². The van der Waals surface area contributed by atoms with Crippen LogP contribution in [0.1, 0.15) is 22.3 Å². The maximum Gasteiger partial charge on any atom is 0.140 e. The summed E-state index contributed by atoms with van der Waals surface area (Å²) in [5.41, 5.74) is 10.6. The largest absolute Gasteiger partial charge is 0.456 e. The van der Waals surface area contributed by atoms with E-state index in [1.54, 1.807) is 0 Å². The lowest BCUT2D eigenvalue weighted by atomic mass is 9.62. The first-order valence-electron chi connectivity index (χ1n) is 15.7. The van der Waals surface area contributed by atoms with Crippen LogP contribution in [0.4, 0.5) is 17.1 Å². The smallest absolute Gasteiger partial charge is 0.140 e. The van der Waals surface area contributed by atoms with Crippen molar-refractivity contribution in [3.05, 3.63) is 186 Å². The zero-order chi connectivity index (χ0) is 30.2. The molecule has 0 aliphatic carbocycles. The van der Waals surface area contributed by atoms with Crippen LogP contribution in [0, 0.1) is 0 Å². The molecule has 0 bridgehead atoms. The average Bonchev–Trinajstić information content (AvgIpc) is 3.70. The first kappa shape index (κ1) is 25.3. The Labute approximate surface area is 265 Å². The molecule has 10 rings (SSSR count). The SMILES string of the molecule is c1ccc(N2c3ccccc3C(c3cccc4c3oc3ccccc34)(c3cccc4c3oc3ccccc34)c3ccccc32)cc1. The van der Waals surface area contributed by atoms with Gasteiger partial charge in [0.2, 0.25) is 0 Å². The van der Waals surface area contributed by atoms with E-state index in [9.17, 15) is 0 Å². The highest BCUT2D eigenvalue weighted by molar-refractivity contribution is 6.10. The van der Waals surface area contributed by atoms with E-state index < -0.39 is 5.41 Å². The number of fused-ring (bicyclic) bond motifs is 8. The van der Waals surface area contributed by atoms with Crippen molar-refractivity contribution in [2.45, 2.75) is 5.41 Å². The molecule has 0 unspecified atom stereocenters. The summed E-state index contributed by atoms with van der Waals surface area (Å²) in [4.78, 5) is 2.39. The molecule has 0 saturated heterocycles. The molecule has 9 aromatic rings. The summed E-state index contributed by atoms with van der Waals surface area (Å²) in [5.74, 6) is 0. The molecule has 0 fully saturated rings. The van der Waals surface area contributed by atoms with Crippen LogP contribution in [0.25, 0.3) is 43.9 Å². The summed E-state index contributed by atoms with van der Waals surface area (Å²) in [6.45, 7) is 0. The Morgan fingerprint density at radius 2 is 0.761 bits per heavy atom. The Balaban J connectivity index is 1.44. The zero-order valence-corrected chi connectivity index (χ0v) is 24.9. The van der Waals surface area contributed by atoms with Crippen molar-refractivity contribution in [2.75, 3.05) is 4.90 Å². The van der Waals surface area contributed by atoms with Gasteiger partial charge in [-0.1, -0.05) is 127 Å². The van der Waals surface area contributed by atoms with Crippen LogP contribution in [0.15, 0.2) is 173 Å². The summed E-state index contributed by atoms with van der Waals surface area (Å²) in [6, 6.07) is 58.1. The van der Waals surface area contributed by atoms with E-state index in [4.69, 9.17) is 8.83 Å². The fourth-order valence-electron chi connectivity index (χ4n) is 7.91. The van der Waals surface area contributed by atoms with E-state index >= 15 is 0 Å². The minimum absolute atomic E-state index is 0.779. The summed E-state index contributed by atoms with van der Waals surface area (Å²) < 4.78 is 13.7. The number of benzene rings is 7. The van der Waals surface area contributed by atoms with Crippen molar-refractivity contribution in [3.63, 3.8) is 0 Å². The molecule has 0 atom stereocenters. The summed E-state index contributed by atoms with van der Waals surface area (Å²) >= 11 is 0. The van der Waals surface area contributed by atoms with Crippen molar-refractivity contribution in [2.24, 2.45) is 0 Å². The number of hydrogen-bond acceptors (Lipinski definition) is 3. The highest BCUT2D eigenvalue weighted by Crippen LogP contribution is 2.60. The van der Waals surface area contributed by atoms with Crippen LogP contribution >= 0.6 is 0 Å². The standard InChI is InChI=1S/C43H27NO2/c1-2-14-28(15-3-1)44-37-24-8-6-20-33(37)43(34-21-7-9-25-38(34)44,35-22-12-18-31-29-16-4-10-26-39(29)45-41(31)35)36-23-13-19-32-30-17-5-11-27-40(30)46-42(32)36/h1-27H. The number of anilines is 3. The lowest BCUT2D eigenvalue weighted by Crippen LogP contribution is -2.38. The van der Waals surface area contributed by atoms with Gasteiger partial charge < -0.3 is 13.7 Å². The van der Waals surface area contributed by atoms with E-state index in [1.807, 2.05) is 12.1 Å². The molecule has 0 radical (unpaired) electrons. The predicted octanol–water partition coefficient (Wildman–Crippen LogP) is 11.7. The molecule has 0 N–H and O–H groups in total. The van der Waals surface area contributed by atoms with Crippen LogP contribution in [-0.4, -0.2) is 0 Å². The summed E-state index contributed by atoms with van der Waals surface area (Å²) in [7, 11) is 0. The summed E-state index contributed by atoms with van der Waals surface area (Å²) in [6.07, 6.45) is 0. The zero-order valence-electron chi connectivity index (χ0n) is 24.9. The molecule has 216 valence electrons. The fraction of sp³-hybridized carbons (Fsp3) is 0.0233. The second-order valence-corrected chi connectivity index (χ2v) is 12.0. The van der Waals surface area contributed by atoms with Crippen molar-refractivity contribution in [3.8, 4) is 0 Å². The van der Waals surface area contributed by atoms with E-state index in [0.29, 0.717) is 0 Å². The second kappa shape index (κ2) is 9.47. The quantitative estimate of drug-likeness (QED) is 0.205. The average molecular weight is 590 g/mol. The second-order valence-electron chi connectivity index (χ2n) is 12.0.